The maximum absolute atomic E-state index is 12.7. The first kappa shape index (κ1) is 17.5. The van der Waals surface area contributed by atoms with Crippen molar-refractivity contribution in [3.63, 3.8) is 0 Å². The lowest BCUT2D eigenvalue weighted by Crippen LogP contribution is -2.39. The number of hydrogen-bond donors (Lipinski definition) is 2. The van der Waals surface area contributed by atoms with Gasteiger partial charge in [0.15, 0.2) is 0 Å². The zero-order valence-corrected chi connectivity index (χ0v) is 15.1. The van der Waals surface area contributed by atoms with E-state index in [-0.39, 0.29) is 11.8 Å². The average Bonchev–Trinajstić information content (AvgIpc) is 3.39. The summed E-state index contributed by atoms with van der Waals surface area (Å²) in [5.74, 6) is -0.444. The zero-order valence-electron chi connectivity index (χ0n) is 14.4. The van der Waals surface area contributed by atoms with Crippen LogP contribution in [0.1, 0.15) is 29.5 Å². The van der Waals surface area contributed by atoms with E-state index in [0.717, 1.165) is 22.4 Å². The molecule has 2 aromatic rings. The number of nitrogens with one attached hydrogen (secondary N) is 2. The zero-order chi connectivity index (χ0) is 18.0. The van der Waals surface area contributed by atoms with Gasteiger partial charge in [0.05, 0.1) is 0 Å². The summed E-state index contributed by atoms with van der Waals surface area (Å²) in [6.07, 6.45) is 1.16. The largest absolute Gasteiger partial charge is 0.351 e. The van der Waals surface area contributed by atoms with Gasteiger partial charge in [0.25, 0.3) is 0 Å². The molecular weight excluding hydrogens is 336 g/mol. The van der Waals surface area contributed by atoms with Crippen molar-refractivity contribution in [2.24, 2.45) is 5.41 Å². The second kappa shape index (κ2) is 6.89. The van der Waals surface area contributed by atoms with E-state index in [1.807, 2.05) is 44.2 Å². The second-order valence-electron chi connectivity index (χ2n) is 6.66. The Kier molecular flexibility index (Phi) is 4.82. The van der Waals surface area contributed by atoms with Crippen LogP contribution in [0.3, 0.4) is 0 Å². The monoisotopic (exact) mass is 356 g/mol. The number of rotatable bonds is 5. The van der Waals surface area contributed by atoms with E-state index in [1.54, 1.807) is 12.1 Å². The summed E-state index contributed by atoms with van der Waals surface area (Å²) in [6, 6.07) is 13.2. The fourth-order valence-electron chi connectivity index (χ4n) is 2.75. The van der Waals surface area contributed by atoms with Gasteiger partial charge in [-0.25, -0.2) is 0 Å². The van der Waals surface area contributed by atoms with E-state index in [1.165, 1.54) is 0 Å². The van der Waals surface area contributed by atoms with E-state index >= 15 is 0 Å². The van der Waals surface area contributed by atoms with Gasteiger partial charge in [0, 0.05) is 17.3 Å². The molecule has 2 amide bonds. The molecule has 2 N–H and O–H groups in total. The molecule has 1 fully saturated rings. The SMILES string of the molecule is Cc1ccc(C)c(NC(=O)C2(C(=O)NCc3ccc(Cl)cc3)CC2)c1. The van der Waals surface area contributed by atoms with Crippen molar-refractivity contribution >= 4 is 29.1 Å². The standard InChI is InChI=1S/C20H21ClN2O2/c1-13-3-4-14(2)17(11-13)23-19(25)20(9-10-20)18(24)22-12-15-5-7-16(21)8-6-15/h3-8,11H,9-10,12H2,1-2H3,(H,22,24)(H,23,25). The van der Waals surface area contributed by atoms with Crippen molar-refractivity contribution in [1.29, 1.82) is 0 Å². The van der Waals surface area contributed by atoms with Gasteiger partial charge in [-0.05, 0) is 61.6 Å². The van der Waals surface area contributed by atoms with Gasteiger partial charge in [-0.15, -0.1) is 0 Å². The number of aryl methyl sites for hydroxylation is 2. The van der Waals surface area contributed by atoms with E-state index < -0.39 is 5.41 Å². The molecule has 1 saturated carbocycles. The maximum atomic E-state index is 12.7. The number of halogens is 1. The van der Waals surface area contributed by atoms with Crippen molar-refractivity contribution in [3.8, 4) is 0 Å². The van der Waals surface area contributed by atoms with Gasteiger partial charge in [0.2, 0.25) is 11.8 Å². The van der Waals surface area contributed by atoms with Crippen molar-refractivity contribution < 1.29 is 9.59 Å². The van der Waals surface area contributed by atoms with Crippen LogP contribution in [-0.4, -0.2) is 11.8 Å². The van der Waals surface area contributed by atoms with Crippen molar-refractivity contribution in [1.82, 2.24) is 5.32 Å². The number of benzene rings is 2. The normalized spacial score (nSPS) is 14.7. The van der Waals surface area contributed by atoms with Gasteiger partial charge in [0.1, 0.15) is 5.41 Å². The van der Waals surface area contributed by atoms with Crippen LogP contribution < -0.4 is 10.6 Å². The van der Waals surface area contributed by atoms with Crippen LogP contribution in [0.5, 0.6) is 0 Å². The Morgan fingerprint density at radius 2 is 1.72 bits per heavy atom. The van der Waals surface area contributed by atoms with Crippen LogP contribution in [0.4, 0.5) is 5.69 Å². The molecule has 0 saturated heterocycles. The first-order chi connectivity index (χ1) is 11.9. The van der Waals surface area contributed by atoms with Gasteiger partial charge in [-0.2, -0.15) is 0 Å². The van der Waals surface area contributed by atoms with Gasteiger partial charge in [-0.3, -0.25) is 9.59 Å². The molecule has 0 bridgehead atoms. The number of amides is 2. The van der Waals surface area contributed by atoms with Crippen LogP contribution in [0.25, 0.3) is 0 Å². The van der Waals surface area contributed by atoms with E-state index in [9.17, 15) is 9.59 Å². The van der Waals surface area contributed by atoms with Crippen LogP contribution in [0.2, 0.25) is 5.02 Å². The molecule has 25 heavy (non-hydrogen) atoms. The number of hydrogen-bond acceptors (Lipinski definition) is 2. The van der Waals surface area contributed by atoms with E-state index in [0.29, 0.717) is 24.4 Å². The van der Waals surface area contributed by atoms with E-state index in [2.05, 4.69) is 10.6 Å². The first-order valence-electron chi connectivity index (χ1n) is 8.32. The van der Waals surface area contributed by atoms with Crippen LogP contribution in [0, 0.1) is 19.3 Å². The average molecular weight is 357 g/mol. The molecule has 0 heterocycles. The minimum atomic E-state index is -0.942. The molecule has 130 valence electrons. The molecule has 0 aromatic heterocycles. The summed E-state index contributed by atoms with van der Waals surface area (Å²) in [5, 5.41) is 6.45. The summed E-state index contributed by atoms with van der Waals surface area (Å²) in [5.41, 5.74) is 2.82. The van der Waals surface area contributed by atoms with Crippen LogP contribution in [0.15, 0.2) is 42.5 Å². The summed E-state index contributed by atoms with van der Waals surface area (Å²) in [7, 11) is 0. The fourth-order valence-corrected chi connectivity index (χ4v) is 2.87. The van der Waals surface area contributed by atoms with Crippen molar-refractivity contribution in [2.45, 2.75) is 33.2 Å². The minimum absolute atomic E-state index is 0.217. The predicted molar refractivity (Wildman–Crippen MR) is 99.5 cm³/mol. The summed E-state index contributed by atoms with van der Waals surface area (Å²) in [6.45, 7) is 4.30. The van der Waals surface area contributed by atoms with Gasteiger partial charge < -0.3 is 10.6 Å². The van der Waals surface area contributed by atoms with Gasteiger partial charge in [-0.1, -0.05) is 35.9 Å². The van der Waals surface area contributed by atoms with Crippen LogP contribution >= 0.6 is 11.6 Å². The third-order valence-corrected chi connectivity index (χ3v) is 4.88. The molecule has 1 aliphatic rings. The Hall–Kier alpha value is -2.33. The minimum Gasteiger partial charge on any atom is -0.351 e. The molecule has 0 atom stereocenters. The number of carbonyl (C=O) groups excluding carboxylic acids is 2. The highest BCUT2D eigenvalue weighted by molar-refractivity contribution is 6.30. The smallest absolute Gasteiger partial charge is 0.240 e. The Morgan fingerprint density at radius 1 is 1.04 bits per heavy atom. The highest BCUT2D eigenvalue weighted by Crippen LogP contribution is 2.47. The molecule has 5 heteroatoms. The molecule has 0 unspecified atom stereocenters. The molecule has 0 radical (unpaired) electrons. The fraction of sp³-hybridized carbons (Fsp3) is 0.300. The Balaban J connectivity index is 1.64. The third kappa shape index (κ3) is 3.85. The quantitative estimate of drug-likeness (QED) is 0.796. The Bertz CT molecular complexity index is 811. The Morgan fingerprint density at radius 3 is 2.36 bits per heavy atom. The topological polar surface area (TPSA) is 58.2 Å². The highest BCUT2D eigenvalue weighted by atomic mass is 35.5. The number of anilines is 1. The lowest BCUT2D eigenvalue weighted by Gasteiger charge is -2.17. The molecular formula is C20H21ClN2O2. The summed E-state index contributed by atoms with van der Waals surface area (Å²) >= 11 is 5.86. The first-order valence-corrected chi connectivity index (χ1v) is 8.70. The summed E-state index contributed by atoms with van der Waals surface area (Å²) in [4.78, 5) is 25.2. The third-order valence-electron chi connectivity index (χ3n) is 4.63. The molecule has 1 aliphatic carbocycles. The molecule has 4 nitrogen and oxygen atoms in total. The lowest BCUT2D eigenvalue weighted by atomic mass is 10.0. The van der Waals surface area contributed by atoms with Crippen LogP contribution in [-0.2, 0) is 16.1 Å². The Labute approximate surface area is 152 Å². The lowest BCUT2D eigenvalue weighted by molar-refractivity contribution is -0.134. The molecule has 3 rings (SSSR count). The van der Waals surface area contributed by atoms with Crippen molar-refractivity contribution in [2.75, 3.05) is 5.32 Å². The van der Waals surface area contributed by atoms with Gasteiger partial charge >= 0.3 is 0 Å². The summed E-state index contributed by atoms with van der Waals surface area (Å²) < 4.78 is 0. The van der Waals surface area contributed by atoms with Crippen molar-refractivity contribution in [3.05, 3.63) is 64.2 Å². The molecule has 0 aliphatic heterocycles. The van der Waals surface area contributed by atoms with E-state index in [4.69, 9.17) is 11.6 Å². The predicted octanol–water partition coefficient (Wildman–Crippen LogP) is 3.99. The highest BCUT2D eigenvalue weighted by Gasteiger charge is 2.56. The maximum Gasteiger partial charge on any atom is 0.240 e. The molecule has 0 spiro atoms. The molecule has 2 aromatic carbocycles. The number of carbonyl (C=O) groups is 2. The second-order valence-corrected chi connectivity index (χ2v) is 7.10.